The van der Waals surface area contributed by atoms with Crippen molar-refractivity contribution >= 4 is 49.8 Å². The van der Waals surface area contributed by atoms with Crippen LogP contribution in [-0.4, -0.2) is 0 Å². The van der Waals surface area contributed by atoms with Gasteiger partial charge in [0.1, 0.15) is 11.2 Å². The quantitative estimate of drug-likeness (QED) is 0.160. The number of benzene rings is 10. The number of nitrogens with zero attached hydrogens (tertiary/aromatic N) is 1. The first-order valence-electron chi connectivity index (χ1n) is 21.0. The normalized spacial score (nSPS) is 14.3. The maximum Gasteiger partial charge on any atom is 0.143 e. The maximum absolute atomic E-state index is 6.79. The molecule has 0 bridgehead atoms. The van der Waals surface area contributed by atoms with Crippen LogP contribution < -0.4 is 4.90 Å². The Bertz CT molecular complexity index is 3390. The van der Waals surface area contributed by atoms with Crippen molar-refractivity contribution < 1.29 is 4.42 Å². The summed E-state index contributed by atoms with van der Waals surface area (Å²) < 4.78 is 6.79. The molecule has 2 heteroatoms. The minimum atomic E-state index is -0.605. The number of para-hydroxylation sites is 2. The summed E-state index contributed by atoms with van der Waals surface area (Å²) in [7, 11) is 0. The molecule has 61 heavy (non-hydrogen) atoms. The van der Waals surface area contributed by atoms with Gasteiger partial charge < -0.3 is 9.32 Å². The van der Waals surface area contributed by atoms with Crippen molar-refractivity contribution in [2.24, 2.45) is 0 Å². The van der Waals surface area contributed by atoms with E-state index >= 15 is 0 Å². The summed E-state index contributed by atoms with van der Waals surface area (Å²) in [5.74, 6) is 0. The minimum absolute atomic E-state index is 0.605. The van der Waals surface area contributed by atoms with Gasteiger partial charge in [-0.25, -0.2) is 0 Å². The van der Waals surface area contributed by atoms with Crippen LogP contribution in [-0.2, 0) is 5.41 Å². The van der Waals surface area contributed by atoms with E-state index in [1.807, 2.05) is 0 Å². The van der Waals surface area contributed by atoms with Gasteiger partial charge in [0.05, 0.1) is 5.41 Å². The van der Waals surface area contributed by atoms with Crippen LogP contribution in [0.15, 0.2) is 241 Å². The van der Waals surface area contributed by atoms with Crippen LogP contribution in [0.2, 0.25) is 0 Å². The predicted molar refractivity (Wildman–Crippen MR) is 254 cm³/mol. The van der Waals surface area contributed by atoms with Crippen molar-refractivity contribution in [1.82, 2.24) is 0 Å². The second-order valence-electron chi connectivity index (χ2n) is 16.0. The fourth-order valence-electron chi connectivity index (χ4n) is 9.93. The molecule has 0 amide bonds. The number of anilines is 3. The van der Waals surface area contributed by atoms with E-state index in [2.05, 4.69) is 241 Å². The summed E-state index contributed by atoms with van der Waals surface area (Å²) in [6.07, 6.45) is 0. The Balaban J connectivity index is 1.02. The predicted octanol–water partition coefficient (Wildman–Crippen LogP) is 15.9. The molecule has 1 unspecified atom stereocenters. The van der Waals surface area contributed by atoms with Gasteiger partial charge in [-0.2, -0.15) is 0 Å². The monoisotopic (exact) mass is 777 g/mol. The third-order valence-electron chi connectivity index (χ3n) is 12.8. The lowest BCUT2D eigenvalue weighted by Crippen LogP contribution is -2.28. The number of hydrogen-bond acceptors (Lipinski definition) is 2. The van der Waals surface area contributed by atoms with Crippen molar-refractivity contribution in [3.8, 4) is 33.4 Å². The molecule has 11 aromatic rings. The molecule has 0 N–H and O–H groups in total. The standard InChI is InChI=1S/C59H39NO/c1-3-13-40(14-4-1)42-25-29-46(30-26-42)59(54-21-11-9-20-53(54)57-55(59)38-37-52-51-19-10-12-22-56(51)61-58(52)57)47-31-35-50(36-32-47)60(48-17-5-2-6-18-48)49-33-27-43(28-34-49)45-24-23-41-15-7-8-16-44(41)39-45/h1-39H. The molecule has 1 aromatic heterocycles. The molecular formula is C59H39NO. The fourth-order valence-corrected chi connectivity index (χ4v) is 9.93. The maximum atomic E-state index is 6.79. The SMILES string of the molecule is c1ccc(-c2ccc(C3(c4ccc(N(c5ccccc5)c5ccc(-c6ccc7ccccc7c6)cc5)cc4)c4ccccc4-c4c3ccc3c4oc4ccccc43)cc2)cc1. The topological polar surface area (TPSA) is 16.4 Å². The Morgan fingerprint density at radius 2 is 0.885 bits per heavy atom. The van der Waals surface area contributed by atoms with Crippen molar-refractivity contribution in [2.45, 2.75) is 5.41 Å². The molecule has 0 aliphatic heterocycles. The highest BCUT2D eigenvalue weighted by molar-refractivity contribution is 6.12. The second kappa shape index (κ2) is 14.1. The third-order valence-corrected chi connectivity index (χ3v) is 12.8. The Labute approximate surface area is 355 Å². The van der Waals surface area contributed by atoms with E-state index < -0.39 is 5.41 Å². The number of fused-ring (bicyclic) bond motifs is 8. The fraction of sp³-hybridized carbons (Fsp3) is 0.0169. The van der Waals surface area contributed by atoms with E-state index in [1.165, 1.54) is 60.8 Å². The Hall–Kier alpha value is -7.94. The molecule has 1 heterocycles. The zero-order valence-electron chi connectivity index (χ0n) is 33.4. The van der Waals surface area contributed by atoms with E-state index in [1.54, 1.807) is 0 Å². The smallest absolute Gasteiger partial charge is 0.143 e. The third kappa shape index (κ3) is 5.57. The molecular weight excluding hydrogens is 739 g/mol. The van der Waals surface area contributed by atoms with Gasteiger partial charge in [0.15, 0.2) is 0 Å². The summed E-state index contributed by atoms with van der Waals surface area (Å²) in [6.45, 7) is 0. The van der Waals surface area contributed by atoms with Gasteiger partial charge in [-0.3, -0.25) is 0 Å². The molecule has 0 saturated carbocycles. The van der Waals surface area contributed by atoms with Crippen molar-refractivity contribution in [3.63, 3.8) is 0 Å². The highest BCUT2D eigenvalue weighted by Gasteiger charge is 2.47. The van der Waals surface area contributed by atoms with Crippen molar-refractivity contribution in [2.75, 3.05) is 4.90 Å². The molecule has 0 radical (unpaired) electrons. The lowest BCUT2D eigenvalue weighted by Gasteiger charge is -2.34. The summed E-state index contributed by atoms with van der Waals surface area (Å²) in [4.78, 5) is 2.35. The average molecular weight is 778 g/mol. The van der Waals surface area contributed by atoms with E-state index in [-0.39, 0.29) is 0 Å². The van der Waals surface area contributed by atoms with Crippen LogP contribution in [0.1, 0.15) is 22.3 Å². The van der Waals surface area contributed by atoms with Crippen LogP contribution >= 0.6 is 0 Å². The Morgan fingerprint density at radius 3 is 1.66 bits per heavy atom. The molecule has 0 saturated heterocycles. The number of furan rings is 1. The van der Waals surface area contributed by atoms with Crippen LogP contribution in [0.3, 0.4) is 0 Å². The van der Waals surface area contributed by atoms with Gasteiger partial charge in [0, 0.05) is 33.4 Å². The highest BCUT2D eigenvalue weighted by Crippen LogP contribution is 2.59. The molecule has 2 nitrogen and oxygen atoms in total. The van der Waals surface area contributed by atoms with Crippen molar-refractivity contribution in [1.29, 1.82) is 0 Å². The lowest BCUT2D eigenvalue weighted by atomic mass is 9.67. The summed E-state index contributed by atoms with van der Waals surface area (Å²) in [5.41, 5.74) is 16.6. The van der Waals surface area contributed by atoms with Gasteiger partial charge in [0.2, 0.25) is 0 Å². The highest BCUT2D eigenvalue weighted by atomic mass is 16.3. The van der Waals surface area contributed by atoms with E-state index in [0.29, 0.717) is 0 Å². The minimum Gasteiger partial charge on any atom is -0.455 e. The average Bonchev–Trinajstić information content (AvgIpc) is 3.87. The largest absolute Gasteiger partial charge is 0.455 e. The van der Waals surface area contributed by atoms with Crippen molar-refractivity contribution in [3.05, 3.63) is 259 Å². The number of hydrogen-bond donors (Lipinski definition) is 0. The zero-order valence-corrected chi connectivity index (χ0v) is 33.4. The molecule has 1 aliphatic carbocycles. The van der Waals surface area contributed by atoms with Crippen LogP contribution in [0, 0.1) is 0 Å². The number of rotatable bonds is 7. The van der Waals surface area contributed by atoms with E-state index in [4.69, 9.17) is 4.42 Å². The molecule has 1 atom stereocenters. The van der Waals surface area contributed by atoms with Crippen LogP contribution in [0.4, 0.5) is 17.1 Å². The molecule has 10 aromatic carbocycles. The van der Waals surface area contributed by atoms with Gasteiger partial charge in [-0.15, -0.1) is 0 Å². The first-order chi connectivity index (χ1) is 30.2. The zero-order chi connectivity index (χ0) is 40.3. The molecule has 1 aliphatic rings. The van der Waals surface area contributed by atoms with Crippen LogP contribution in [0.25, 0.3) is 66.1 Å². The first-order valence-corrected chi connectivity index (χ1v) is 21.0. The summed E-state index contributed by atoms with van der Waals surface area (Å²) in [6, 6.07) is 85.9. The van der Waals surface area contributed by atoms with Gasteiger partial charge >= 0.3 is 0 Å². The molecule has 0 spiro atoms. The second-order valence-corrected chi connectivity index (χ2v) is 16.0. The van der Waals surface area contributed by atoms with Gasteiger partial charge in [0.25, 0.3) is 0 Å². The van der Waals surface area contributed by atoms with Gasteiger partial charge in [-0.05, 0) is 109 Å². The Morgan fingerprint density at radius 1 is 0.344 bits per heavy atom. The van der Waals surface area contributed by atoms with Crippen LogP contribution in [0.5, 0.6) is 0 Å². The van der Waals surface area contributed by atoms with Gasteiger partial charge in [-0.1, -0.05) is 188 Å². The first kappa shape index (κ1) is 35.0. The van der Waals surface area contributed by atoms with E-state index in [9.17, 15) is 0 Å². The van der Waals surface area contributed by atoms with E-state index in [0.717, 1.165) is 44.6 Å². The molecule has 12 rings (SSSR count). The molecule has 0 fully saturated rings. The molecule has 286 valence electrons. The summed E-state index contributed by atoms with van der Waals surface area (Å²) >= 11 is 0. The summed E-state index contributed by atoms with van der Waals surface area (Å²) in [5, 5.41) is 4.77. The Kier molecular flexibility index (Phi) is 8.11. The lowest BCUT2D eigenvalue weighted by molar-refractivity contribution is 0.669.